The molecule has 4 saturated carbocycles. The van der Waals surface area contributed by atoms with Crippen molar-refractivity contribution in [2.45, 2.75) is 117 Å². The van der Waals surface area contributed by atoms with E-state index in [0.717, 1.165) is 31.1 Å². The molecule has 3 nitrogen and oxygen atoms in total. The van der Waals surface area contributed by atoms with E-state index in [1.807, 2.05) is 6.92 Å². The highest BCUT2D eigenvalue weighted by Gasteiger charge is 2.69. The van der Waals surface area contributed by atoms with E-state index in [4.69, 9.17) is 0 Å². The Morgan fingerprint density at radius 3 is 2.43 bits per heavy atom. The monoisotopic (exact) mass is 418 g/mol. The molecule has 30 heavy (non-hydrogen) atoms. The number of carbonyl (C=O) groups excluding carboxylic acids is 1. The Labute approximate surface area is 184 Å². The third kappa shape index (κ3) is 3.16. The summed E-state index contributed by atoms with van der Waals surface area (Å²) in [6.45, 7) is 10.9. The highest BCUT2D eigenvalue weighted by atomic mass is 16.3. The van der Waals surface area contributed by atoms with Crippen LogP contribution >= 0.6 is 0 Å². The van der Waals surface area contributed by atoms with E-state index in [0.29, 0.717) is 36.0 Å². The van der Waals surface area contributed by atoms with Crippen molar-refractivity contribution >= 4 is 5.78 Å². The second-order valence-corrected chi connectivity index (χ2v) is 12.6. The van der Waals surface area contributed by atoms with Crippen molar-refractivity contribution in [1.82, 2.24) is 0 Å². The molecule has 9 atom stereocenters. The first kappa shape index (κ1) is 22.8. The Morgan fingerprint density at radius 2 is 1.73 bits per heavy atom. The fourth-order valence-electron chi connectivity index (χ4n) is 9.02. The van der Waals surface area contributed by atoms with Gasteiger partial charge in [-0.05, 0) is 86.4 Å². The number of aliphatic hydroxyl groups is 2. The second-order valence-electron chi connectivity index (χ2n) is 12.6. The van der Waals surface area contributed by atoms with Gasteiger partial charge in [0.25, 0.3) is 0 Å². The molecule has 4 aliphatic carbocycles. The van der Waals surface area contributed by atoms with Crippen LogP contribution in [0.1, 0.15) is 105 Å². The summed E-state index contributed by atoms with van der Waals surface area (Å²) in [5.74, 6) is 2.68. The topological polar surface area (TPSA) is 57.5 Å². The number of hydrogen-bond acceptors (Lipinski definition) is 3. The Bertz CT molecular complexity index is 658. The van der Waals surface area contributed by atoms with Crippen molar-refractivity contribution in [2.75, 3.05) is 0 Å². The van der Waals surface area contributed by atoms with E-state index >= 15 is 0 Å². The highest BCUT2D eigenvalue weighted by molar-refractivity contribution is 5.82. The van der Waals surface area contributed by atoms with Gasteiger partial charge in [0.15, 0.2) is 0 Å². The number of ketones is 1. The largest absolute Gasteiger partial charge is 0.390 e. The molecule has 0 radical (unpaired) electrons. The predicted octanol–water partition coefficient (Wildman–Crippen LogP) is 5.76. The number of carbonyl (C=O) groups is 1. The van der Waals surface area contributed by atoms with Gasteiger partial charge in [-0.25, -0.2) is 0 Å². The minimum absolute atomic E-state index is 0.136. The van der Waals surface area contributed by atoms with Gasteiger partial charge in [-0.3, -0.25) is 4.79 Å². The average molecular weight is 419 g/mol. The normalized spacial score (nSPS) is 49.3. The molecule has 4 fully saturated rings. The Balaban J connectivity index is 1.60. The molecule has 0 saturated heterocycles. The standard InChI is InChI=1S/C27H46O3/c1-17(2)9-12-23(28)18(3)27(30)24(29)16-22-20-11-10-19-8-6-7-14-25(19,4)21(20)13-15-26(22,27)5/h17-22,24,29-30H,6-16H2,1-5H3/t18-,19?,20-,21+,22+,24+,25+,26+,27-/m1/s1. The molecule has 4 aliphatic rings. The van der Waals surface area contributed by atoms with Crippen molar-refractivity contribution in [2.24, 2.45) is 46.3 Å². The van der Waals surface area contributed by atoms with E-state index in [1.54, 1.807) is 0 Å². The molecule has 0 spiro atoms. The zero-order chi connectivity index (χ0) is 21.9. The van der Waals surface area contributed by atoms with E-state index in [9.17, 15) is 15.0 Å². The molecule has 0 amide bonds. The van der Waals surface area contributed by atoms with Crippen molar-refractivity contribution in [3.63, 3.8) is 0 Å². The third-order valence-electron chi connectivity index (χ3n) is 11.0. The molecule has 2 N–H and O–H groups in total. The Morgan fingerprint density at radius 1 is 1.00 bits per heavy atom. The van der Waals surface area contributed by atoms with Crippen molar-refractivity contribution in [3.8, 4) is 0 Å². The molecular weight excluding hydrogens is 372 g/mol. The van der Waals surface area contributed by atoms with Crippen LogP contribution in [-0.4, -0.2) is 27.7 Å². The Kier molecular flexibility index (Phi) is 5.97. The van der Waals surface area contributed by atoms with Gasteiger partial charge in [-0.2, -0.15) is 0 Å². The lowest BCUT2D eigenvalue weighted by Gasteiger charge is -2.61. The lowest BCUT2D eigenvalue weighted by atomic mass is 9.44. The minimum atomic E-state index is -1.28. The molecule has 0 bridgehead atoms. The van der Waals surface area contributed by atoms with Crippen molar-refractivity contribution in [1.29, 1.82) is 0 Å². The van der Waals surface area contributed by atoms with Crippen LogP contribution in [0.3, 0.4) is 0 Å². The first-order valence-corrected chi connectivity index (χ1v) is 13.0. The minimum Gasteiger partial charge on any atom is -0.390 e. The lowest BCUT2D eigenvalue weighted by molar-refractivity contribution is -0.192. The highest BCUT2D eigenvalue weighted by Crippen LogP contribution is 2.69. The molecule has 0 aliphatic heterocycles. The smallest absolute Gasteiger partial charge is 0.138 e. The molecule has 1 unspecified atom stereocenters. The quantitative estimate of drug-likeness (QED) is 0.596. The number of aliphatic hydroxyl groups excluding tert-OH is 1. The van der Waals surface area contributed by atoms with Crippen LogP contribution in [0.25, 0.3) is 0 Å². The molecule has 3 heteroatoms. The SMILES string of the molecule is CC(C)CCC(=O)[C@@H](C)[C@@]1(O)[C@@H](O)C[C@H]2[C@@H]3CCC4CCCC[C@]4(C)[C@H]3CC[C@@]21C. The van der Waals surface area contributed by atoms with Gasteiger partial charge in [0.2, 0.25) is 0 Å². The van der Waals surface area contributed by atoms with Crippen LogP contribution in [0.15, 0.2) is 0 Å². The second kappa shape index (κ2) is 7.87. The van der Waals surface area contributed by atoms with Gasteiger partial charge in [-0.1, -0.05) is 47.5 Å². The summed E-state index contributed by atoms with van der Waals surface area (Å²) in [6, 6.07) is 0. The average Bonchev–Trinajstić information content (AvgIpc) is 2.92. The third-order valence-corrected chi connectivity index (χ3v) is 11.0. The summed E-state index contributed by atoms with van der Waals surface area (Å²) in [4.78, 5) is 13.1. The molecule has 0 aromatic carbocycles. The molecule has 172 valence electrons. The van der Waals surface area contributed by atoms with Crippen LogP contribution in [0.4, 0.5) is 0 Å². The van der Waals surface area contributed by atoms with Crippen molar-refractivity contribution < 1.29 is 15.0 Å². The molecular formula is C27H46O3. The molecule has 0 heterocycles. The van der Waals surface area contributed by atoms with E-state index < -0.39 is 17.6 Å². The van der Waals surface area contributed by atoms with Gasteiger partial charge in [0.1, 0.15) is 11.4 Å². The Hall–Kier alpha value is -0.410. The molecule has 0 aromatic heterocycles. The number of rotatable bonds is 5. The number of fused-ring (bicyclic) bond motifs is 5. The number of hydrogen-bond donors (Lipinski definition) is 2. The fraction of sp³-hybridized carbons (Fsp3) is 0.963. The van der Waals surface area contributed by atoms with Gasteiger partial charge < -0.3 is 10.2 Å². The van der Waals surface area contributed by atoms with Crippen molar-refractivity contribution in [3.05, 3.63) is 0 Å². The predicted molar refractivity (Wildman–Crippen MR) is 121 cm³/mol. The summed E-state index contributed by atoms with van der Waals surface area (Å²) < 4.78 is 0. The van der Waals surface area contributed by atoms with Gasteiger partial charge in [-0.15, -0.1) is 0 Å². The van der Waals surface area contributed by atoms with Crippen LogP contribution < -0.4 is 0 Å². The maximum atomic E-state index is 13.1. The first-order valence-electron chi connectivity index (χ1n) is 13.0. The first-order chi connectivity index (χ1) is 14.1. The maximum Gasteiger partial charge on any atom is 0.138 e. The molecule has 4 rings (SSSR count). The summed E-state index contributed by atoms with van der Waals surface area (Å²) in [5, 5.41) is 23.3. The van der Waals surface area contributed by atoms with Gasteiger partial charge >= 0.3 is 0 Å². The van der Waals surface area contributed by atoms with Crippen LogP contribution in [0.2, 0.25) is 0 Å². The van der Waals surface area contributed by atoms with E-state index in [2.05, 4.69) is 27.7 Å². The van der Waals surface area contributed by atoms with E-state index in [-0.39, 0.29) is 11.2 Å². The lowest BCUT2D eigenvalue weighted by Crippen LogP contribution is -2.61. The maximum absolute atomic E-state index is 13.1. The molecule has 0 aromatic rings. The summed E-state index contributed by atoms with van der Waals surface area (Å²) >= 11 is 0. The van der Waals surface area contributed by atoms with Crippen LogP contribution in [0.5, 0.6) is 0 Å². The van der Waals surface area contributed by atoms with Crippen LogP contribution in [-0.2, 0) is 4.79 Å². The zero-order valence-corrected chi connectivity index (χ0v) is 20.1. The van der Waals surface area contributed by atoms with E-state index in [1.165, 1.54) is 38.5 Å². The summed E-state index contributed by atoms with van der Waals surface area (Å²) in [6.07, 6.45) is 11.5. The fourth-order valence-corrected chi connectivity index (χ4v) is 9.02. The van der Waals surface area contributed by atoms with Gasteiger partial charge in [0.05, 0.1) is 6.10 Å². The zero-order valence-electron chi connectivity index (χ0n) is 20.1. The van der Waals surface area contributed by atoms with Gasteiger partial charge in [0, 0.05) is 17.8 Å². The summed E-state index contributed by atoms with van der Waals surface area (Å²) in [5.41, 5.74) is -1.17. The van der Waals surface area contributed by atoms with Crippen LogP contribution in [0, 0.1) is 46.3 Å². The number of Topliss-reactive ketones (excluding diaryl/α,β-unsaturated/α-hetero) is 1. The summed E-state index contributed by atoms with van der Waals surface area (Å²) in [7, 11) is 0.